The van der Waals surface area contributed by atoms with Crippen LogP contribution in [0.2, 0.25) is 0 Å². The van der Waals surface area contributed by atoms with Crippen molar-refractivity contribution in [3.05, 3.63) is 74.5 Å². The highest BCUT2D eigenvalue weighted by molar-refractivity contribution is 9.10. The average Bonchev–Trinajstić information content (AvgIpc) is 3.34. The number of thiazole rings is 1. The number of halogens is 2. The Labute approximate surface area is 184 Å². The molecule has 0 saturated carbocycles. The smallest absolute Gasteiger partial charge is 0.255 e. The maximum absolute atomic E-state index is 14.1. The molecule has 0 bridgehead atoms. The monoisotopic (exact) mass is 489 g/mol. The fourth-order valence-corrected chi connectivity index (χ4v) is 4.47. The normalized spacial score (nSPS) is 13.9. The standard InChI is InChI=1S/C21H17BrFN3O3S/c1-11-15(22)5-3-12-10-26(20(28)17(11)12)18(19(27)25-21-24-7-8-30-21)14-9-13(23)4-6-16(14)29-2/h3-9,18H,10H2,1-2H3,(H,24,25,27)/t18-/m1/s1. The Morgan fingerprint density at radius 3 is 2.87 bits per heavy atom. The van der Waals surface area contributed by atoms with Crippen LogP contribution in [0.1, 0.15) is 33.1 Å². The van der Waals surface area contributed by atoms with Crippen LogP contribution in [0.5, 0.6) is 5.75 Å². The van der Waals surface area contributed by atoms with Crippen molar-refractivity contribution in [2.45, 2.75) is 19.5 Å². The summed E-state index contributed by atoms with van der Waals surface area (Å²) < 4.78 is 20.3. The van der Waals surface area contributed by atoms with Gasteiger partial charge in [0.15, 0.2) is 5.13 Å². The summed E-state index contributed by atoms with van der Waals surface area (Å²) in [6, 6.07) is 6.55. The number of carbonyl (C=O) groups excluding carboxylic acids is 2. The summed E-state index contributed by atoms with van der Waals surface area (Å²) in [4.78, 5) is 32.2. The van der Waals surface area contributed by atoms with Crippen LogP contribution in [0.3, 0.4) is 0 Å². The molecule has 0 unspecified atom stereocenters. The average molecular weight is 490 g/mol. The number of benzene rings is 2. The molecule has 3 aromatic rings. The van der Waals surface area contributed by atoms with Gasteiger partial charge in [-0.1, -0.05) is 22.0 Å². The Hall–Kier alpha value is -2.78. The van der Waals surface area contributed by atoms with Gasteiger partial charge in [-0.2, -0.15) is 0 Å². The zero-order valence-electron chi connectivity index (χ0n) is 16.1. The van der Waals surface area contributed by atoms with Gasteiger partial charge in [-0.05, 0) is 42.3 Å². The van der Waals surface area contributed by atoms with Crippen LogP contribution in [-0.2, 0) is 11.3 Å². The van der Waals surface area contributed by atoms with Crippen LogP contribution in [-0.4, -0.2) is 28.8 Å². The van der Waals surface area contributed by atoms with Crippen molar-refractivity contribution < 1.29 is 18.7 Å². The lowest BCUT2D eigenvalue weighted by molar-refractivity contribution is -0.120. The predicted octanol–water partition coefficient (Wildman–Crippen LogP) is 4.70. The van der Waals surface area contributed by atoms with Crippen LogP contribution in [0.4, 0.5) is 9.52 Å². The number of rotatable bonds is 5. The van der Waals surface area contributed by atoms with Gasteiger partial charge < -0.3 is 9.64 Å². The molecule has 0 radical (unpaired) electrons. The van der Waals surface area contributed by atoms with E-state index in [1.165, 1.54) is 41.5 Å². The molecular formula is C21H17BrFN3O3S. The Morgan fingerprint density at radius 2 is 2.17 bits per heavy atom. The van der Waals surface area contributed by atoms with Gasteiger partial charge in [0.2, 0.25) is 0 Å². The van der Waals surface area contributed by atoms with E-state index in [0.29, 0.717) is 16.4 Å². The molecule has 154 valence electrons. The molecule has 0 fully saturated rings. The van der Waals surface area contributed by atoms with Crippen LogP contribution >= 0.6 is 27.3 Å². The molecule has 9 heteroatoms. The number of anilines is 1. The first-order chi connectivity index (χ1) is 14.4. The summed E-state index contributed by atoms with van der Waals surface area (Å²) in [7, 11) is 1.44. The third-order valence-corrected chi connectivity index (χ3v) is 6.56. The summed E-state index contributed by atoms with van der Waals surface area (Å²) in [5.74, 6) is -1.00. The summed E-state index contributed by atoms with van der Waals surface area (Å²) in [6.07, 6.45) is 1.57. The summed E-state index contributed by atoms with van der Waals surface area (Å²) in [5.41, 5.74) is 2.42. The number of methoxy groups -OCH3 is 1. The Balaban J connectivity index is 1.80. The number of hydrogen-bond donors (Lipinski definition) is 1. The molecule has 6 nitrogen and oxygen atoms in total. The molecule has 1 atom stereocenters. The number of amides is 2. The third kappa shape index (κ3) is 3.59. The van der Waals surface area contributed by atoms with E-state index < -0.39 is 17.8 Å². The minimum Gasteiger partial charge on any atom is -0.496 e. The van der Waals surface area contributed by atoms with Crippen molar-refractivity contribution >= 4 is 44.2 Å². The zero-order valence-corrected chi connectivity index (χ0v) is 18.5. The molecule has 1 N–H and O–H groups in total. The highest BCUT2D eigenvalue weighted by Gasteiger charge is 2.40. The third-order valence-electron chi connectivity index (χ3n) is 5.01. The summed E-state index contributed by atoms with van der Waals surface area (Å²) >= 11 is 4.71. The maximum Gasteiger partial charge on any atom is 0.255 e. The van der Waals surface area contributed by atoms with Gasteiger partial charge in [-0.15, -0.1) is 11.3 Å². The second-order valence-corrected chi connectivity index (χ2v) is 8.50. The first-order valence-corrected chi connectivity index (χ1v) is 10.7. The van der Waals surface area contributed by atoms with Crippen LogP contribution in [0.25, 0.3) is 0 Å². The van der Waals surface area contributed by atoms with Gasteiger partial charge in [0.05, 0.1) is 7.11 Å². The van der Waals surface area contributed by atoms with E-state index in [1.54, 1.807) is 11.6 Å². The molecule has 0 aliphatic carbocycles. The minimum atomic E-state index is -1.10. The molecule has 1 aromatic heterocycles. The van der Waals surface area contributed by atoms with Gasteiger partial charge in [0.25, 0.3) is 11.8 Å². The van der Waals surface area contributed by atoms with E-state index in [4.69, 9.17) is 4.74 Å². The number of ether oxygens (including phenoxy) is 1. The van der Waals surface area contributed by atoms with Gasteiger partial charge >= 0.3 is 0 Å². The fourth-order valence-electron chi connectivity index (χ4n) is 3.61. The molecule has 0 spiro atoms. The second-order valence-electron chi connectivity index (χ2n) is 6.75. The van der Waals surface area contributed by atoms with Gasteiger partial charge in [0.1, 0.15) is 17.6 Å². The van der Waals surface area contributed by atoms with Crippen molar-refractivity contribution in [3.63, 3.8) is 0 Å². The largest absolute Gasteiger partial charge is 0.496 e. The van der Waals surface area contributed by atoms with E-state index in [9.17, 15) is 14.0 Å². The zero-order chi connectivity index (χ0) is 21.4. The van der Waals surface area contributed by atoms with Crippen LogP contribution in [0.15, 0.2) is 46.4 Å². The molecule has 4 rings (SSSR count). The van der Waals surface area contributed by atoms with E-state index in [-0.39, 0.29) is 18.0 Å². The molecule has 30 heavy (non-hydrogen) atoms. The van der Waals surface area contributed by atoms with E-state index in [0.717, 1.165) is 15.6 Å². The molecule has 1 aliphatic rings. The number of fused-ring (bicyclic) bond motifs is 1. The molecule has 2 amide bonds. The quantitative estimate of drug-likeness (QED) is 0.563. The van der Waals surface area contributed by atoms with Crippen molar-refractivity contribution in [1.29, 1.82) is 0 Å². The van der Waals surface area contributed by atoms with Gasteiger partial charge in [0, 0.05) is 33.7 Å². The lowest BCUT2D eigenvalue weighted by atomic mass is 10.0. The molecule has 1 aliphatic heterocycles. The first kappa shape index (κ1) is 20.5. The highest BCUT2D eigenvalue weighted by Crippen LogP contribution is 2.39. The molecule has 2 heterocycles. The predicted molar refractivity (Wildman–Crippen MR) is 115 cm³/mol. The lowest BCUT2D eigenvalue weighted by Crippen LogP contribution is -2.38. The minimum absolute atomic E-state index is 0.220. The van der Waals surface area contributed by atoms with Gasteiger partial charge in [-0.25, -0.2) is 9.37 Å². The first-order valence-electron chi connectivity index (χ1n) is 9.03. The Kier molecular flexibility index (Phi) is 5.57. The summed E-state index contributed by atoms with van der Waals surface area (Å²) in [5, 5.41) is 4.85. The van der Waals surface area contributed by atoms with Crippen molar-refractivity contribution in [1.82, 2.24) is 9.88 Å². The van der Waals surface area contributed by atoms with Crippen LogP contribution in [0, 0.1) is 12.7 Å². The van der Waals surface area contributed by atoms with Crippen molar-refractivity contribution in [2.24, 2.45) is 0 Å². The number of nitrogens with one attached hydrogen (secondary N) is 1. The summed E-state index contributed by atoms with van der Waals surface area (Å²) in [6.45, 7) is 2.07. The second kappa shape index (κ2) is 8.16. The van der Waals surface area contributed by atoms with Crippen molar-refractivity contribution in [3.8, 4) is 5.75 Å². The van der Waals surface area contributed by atoms with E-state index in [2.05, 4.69) is 26.2 Å². The Bertz CT molecular complexity index is 1140. The lowest BCUT2D eigenvalue weighted by Gasteiger charge is -2.28. The molecular weight excluding hydrogens is 473 g/mol. The van der Waals surface area contributed by atoms with E-state index >= 15 is 0 Å². The SMILES string of the molecule is COc1ccc(F)cc1[C@H](C(=O)Nc1nccs1)N1Cc2ccc(Br)c(C)c2C1=O. The van der Waals surface area contributed by atoms with E-state index in [1.807, 2.05) is 19.1 Å². The topological polar surface area (TPSA) is 71.5 Å². The number of hydrogen-bond acceptors (Lipinski definition) is 5. The number of nitrogens with zero attached hydrogens (tertiary/aromatic N) is 2. The fraction of sp³-hybridized carbons (Fsp3) is 0.190. The number of carbonyl (C=O) groups is 2. The number of aromatic nitrogens is 1. The van der Waals surface area contributed by atoms with Crippen LogP contribution < -0.4 is 10.1 Å². The highest BCUT2D eigenvalue weighted by atomic mass is 79.9. The molecule has 0 saturated heterocycles. The maximum atomic E-state index is 14.1. The Morgan fingerprint density at radius 1 is 1.37 bits per heavy atom. The van der Waals surface area contributed by atoms with Crippen molar-refractivity contribution in [2.75, 3.05) is 12.4 Å². The van der Waals surface area contributed by atoms with Gasteiger partial charge in [-0.3, -0.25) is 14.9 Å². The molecule has 2 aromatic carbocycles.